The van der Waals surface area contributed by atoms with Gasteiger partial charge in [0.25, 0.3) is 11.5 Å². The van der Waals surface area contributed by atoms with Crippen LogP contribution in [0.15, 0.2) is 52.1 Å². The Morgan fingerprint density at radius 3 is 2.17 bits per heavy atom. The Hall–Kier alpha value is -3.48. The van der Waals surface area contributed by atoms with Crippen LogP contribution in [-0.4, -0.2) is 26.8 Å². The Balaban J connectivity index is 2.24. The van der Waals surface area contributed by atoms with E-state index in [1.54, 1.807) is 19.1 Å². The van der Waals surface area contributed by atoms with Crippen molar-refractivity contribution in [1.29, 1.82) is 0 Å². The first-order chi connectivity index (χ1) is 13.8. The molecule has 7 nitrogen and oxygen atoms in total. The number of nitrogens with zero attached hydrogens (tertiary/aromatic N) is 3. The number of benzene rings is 2. The summed E-state index contributed by atoms with van der Waals surface area (Å²) in [5.74, 6) is -0.603. The van der Waals surface area contributed by atoms with Gasteiger partial charge < -0.3 is 5.32 Å². The molecule has 0 saturated heterocycles. The number of aryl methyl sites for hydroxylation is 3. The van der Waals surface area contributed by atoms with Crippen LogP contribution in [0.1, 0.15) is 39.7 Å². The maximum atomic E-state index is 13.1. The lowest BCUT2D eigenvalue weighted by Gasteiger charge is -2.13. The van der Waals surface area contributed by atoms with Crippen LogP contribution in [0.25, 0.3) is 5.69 Å². The van der Waals surface area contributed by atoms with Gasteiger partial charge >= 0.3 is 5.69 Å². The first-order valence-corrected chi connectivity index (χ1v) is 9.46. The highest BCUT2D eigenvalue weighted by molar-refractivity contribution is 5.91. The molecule has 1 amide bonds. The van der Waals surface area contributed by atoms with E-state index in [0.717, 1.165) is 31.5 Å². The van der Waals surface area contributed by atoms with Crippen molar-refractivity contribution in [2.24, 2.45) is 0 Å². The smallest absolute Gasteiger partial charge is 0.351 e. The highest BCUT2D eigenvalue weighted by atomic mass is 16.2. The number of carbonyl (C=O) groups is 1. The Morgan fingerprint density at radius 2 is 1.59 bits per heavy atom. The molecule has 1 N–H and O–H groups in total. The lowest BCUT2D eigenvalue weighted by molar-refractivity contribution is 0.0946. The second-order valence-corrected chi connectivity index (χ2v) is 7.13. The summed E-state index contributed by atoms with van der Waals surface area (Å²) >= 11 is 0. The zero-order valence-electron chi connectivity index (χ0n) is 17.0. The van der Waals surface area contributed by atoms with Gasteiger partial charge in [-0.25, -0.2) is 4.79 Å². The van der Waals surface area contributed by atoms with Crippen molar-refractivity contribution in [3.63, 3.8) is 0 Å². The molecule has 0 aliphatic heterocycles. The molecule has 7 heteroatoms. The van der Waals surface area contributed by atoms with Crippen LogP contribution in [0.5, 0.6) is 0 Å². The fraction of sp³-hybridized carbons (Fsp3) is 0.273. The molecule has 0 unspecified atom stereocenters. The number of amides is 1. The number of carbonyl (C=O) groups excluding carboxylic acids is 1. The first kappa shape index (κ1) is 20.3. The Labute approximate surface area is 168 Å². The molecule has 0 atom stereocenters. The summed E-state index contributed by atoms with van der Waals surface area (Å²) in [6, 6.07) is 13.1. The van der Waals surface area contributed by atoms with Crippen molar-refractivity contribution in [2.45, 2.75) is 34.2 Å². The molecule has 0 spiro atoms. The van der Waals surface area contributed by atoms with E-state index < -0.39 is 17.2 Å². The van der Waals surface area contributed by atoms with E-state index in [1.807, 2.05) is 51.1 Å². The van der Waals surface area contributed by atoms with Crippen LogP contribution in [-0.2, 0) is 6.54 Å². The van der Waals surface area contributed by atoms with Crippen molar-refractivity contribution in [2.75, 3.05) is 6.54 Å². The molecule has 29 heavy (non-hydrogen) atoms. The van der Waals surface area contributed by atoms with Gasteiger partial charge in [0.1, 0.15) is 0 Å². The van der Waals surface area contributed by atoms with E-state index in [-0.39, 0.29) is 12.2 Å². The van der Waals surface area contributed by atoms with Gasteiger partial charge in [0.15, 0.2) is 0 Å². The second-order valence-electron chi connectivity index (χ2n) is 7.13. The van der Waals surface area contributed by atoms with Crippen molar-refractivity contribution in [3.05, 3.63) is 91.3 Å². The lowest BCUT2D eigenvalue weighted by atomic mass is 10.1. The summed E-state index contributed by atoms with van der Waals surface area (Å²) < 4.78 is 2.18. The molecule has 3 aromatic rings. The van der Waals surface area contributed by atoms with Gasteiger partial charge in [0.05, 0.1) is 12.2 Å². The van der Waals surface area contributed by atoms with Gasteiger partial charge in [-0.15, -0.1) is 0 Å². The summed E-state index contributed by atoms with van der Waals surface area (Å²) in [6.07, 6.45) is 0. The fourth-order valence-corrected chi connectivity index (χ4v) is 3.16. The quantitative estimate of drug-likeness (QED) is 0.721. The summed E-state index contributed by atoms with van der Waals surface area (Å²) in [4.78, 5) is 38.5. The average molecular weight is 392 g/mol. The average Bonchev–Trinajstić information content (AvgIpc) is 2.66. The minimum atomic E-state index is -0.706. The predicted octanol–water partition coefficient (Wildman–Crippen LogP) is 2.12. The summed E-state index contributed by atoms with van der Waals surface area (Å²) in [5.41, 5.74) is 2.67. The van der Waals surface area contributed by atoms with Crippen molar-refractivity contribution < 1.29 is 4.79 Å². The SMILES string of the molecule is CCNC(=O)c1nn(-c2cc(C)cc(C)c2)c(=O)n(Cc2ccc(C)cc2)c1=O. The normalized spacial score (nSPS) is 10.8. The minimum absolute atomic E-state index is 0.0532. The van der Waals surface area contributed by atoms with E-state index in [4.69, 9.17) is 0 Å². The number of nitrogens with one attached hydrogen (secondary N) is 1. The second kappa shape index (κ2) is 8.26. The van der Waals surface area contributed by atoms with Crippen LogP contribution in [0.2, 0.25) is 0 Å². The summed E-state index contributed by atoms with van der Waals surface area (Å²) in [7, 11) is 0. The van der Waals surface area contributed by atoms with Crippen LogP contribution in [0, 0.1) is 20.8 Å². The highest BCUT2D eigenvalue weighted by Gasteiger charge is 2.20. The van der Waals surface area contributed by atoms with Gasteiger partial charge in [-0.3, -0.25) is 14.2 Å². The molecule has 0 radical (unpaired) electrons. The highest BCUT2D eigenvalue weighted by Crippen LogP contribution is 2.11. The summed E-state index contributed by atoms with van der Waals surface area (Å²) in [6.45, 7) is 7.94. The van der Waals surface area contributed by atoms with E-state index in [0.29, 0.717) is 12.2 Å². The molecular formula is C22H24N4O3. The van der Waals surface area contributed by atoms with Crippen molar-refractivity contribution >= 4 is 5.91 Å². The zero-order valence-corrected chi connectivity index (χ0v) is 17.0. The molecule has 2 aromatic carbocycles. The molecule has 150 valence electrons. The summed E-state index contributed by atoms with van der Waals surface area (Å²) in [5, 5.41) is 6.71. The van der Waals surface area contributed by atoms with Gasteiger partial charge in [-0.2, -0.15) is 9.78 Å². The molecule has 1 aromatic heterocycles. The van der Waals surface area contributed by atoms with Crippen molar-refractivity contribution in [3.8, 4) is 5.69 Å². The molecule has 3 rings (SSSR count). The molecule has 0 bridgehead atoms. The number of hydrogen-bond donors (Lipinski definition) is 1. The molecule has 1 heterocycles. The third kappa shape index (κ3) is 4.34. The lowest BCUT2D eigenvalue weighted by Crippen LogP contribution is -2.46. The van der Waals surface area contributed by atoms with Crippen LogP contribution >= 0.6 is 0 Å². The van der Waals surface area contributed by atoms with Crippen LogP contribution in [0.4, 0.5) is 0 Å². The maximum absolute atomic E-state index is 13.1. The molecule has 0 saturated carbocycles. The predicted molar refractivity (Wildman–Crippen MR) is 112 cm³/mol. The number of aromatic nitrogens is 3. The Bertz CT molecular complexity index is 1150. The van der Waals surface area contributed by atoms with E-state index >= 15 is 0 Å². The molecule has 0 aliphatic carbocycles. The van der Waals surface area contributed by atoms with E-state index in [1.165, 1.54) is 0 Å². The monoisotopic (exact) mass is 392 g/mol. The topological polar surface area (TPSA) is 86.0 Å². The third-order valence-electron chi connectivity index (χ3n) is 4.52. The van der Waals surface area contributed by atoms with Crippen LogP contribution < -0.4 is 16.6 Å². The van der Waals surface area contributed by atoms with E-state index in [9.17, 15) is 14.4 Å². The van der Waals surface area contributed by atoms with Gasteiger partial charge in [0.2, 0.25) is 5.69 Å². The van der Waals surface area contributed by atoms with Gasteiger partial charge in [-0.1, -0.05) is 35.9 Å². The van der Waals surface area contributed by atoms with Gasteiger partial charge in [0, 0.05) is 6.54 Å². The fourth-order valence-electron chi connectivity index (χ4n) is 3.16. The number of rotatable bonds is 5. The number of hydrogen-bond acceptors (Lipinski definition) is 4. The van der Waals surface area contributed by atoms with Crippen LogP contribution in [0.3, 0.4) is 0 Å². The Morgan fingerprint density at radius 1 is 0.966 bits per heavy atom. The van der Waals surface area contributed by atoms with E-state index in [2.05, 4.69) is 10.4 Å². The minimum Gasteiger partial charge on any atom is -0.351 e. The molecule has 0 fully saturated rings. The third-order valence-corrected chi connectivity index (χ3v) is 4.52. The van der Waals surface area contributed by atoms with Crippen molar-refractivity contribution in [1.82, 2.24) is 19.7 Å². The molecular weight excluding hydrogens is 368 g/mol. The largest absolute Gasteiger partial charge is 0.352 e. The molecule has 0 aliphatic rings. The van der Waals surface area contributed by atoms with Gasteiger partial charge in [-0.05, 0) is 56.5 Å². The Kier molecular flexibility index (Phi) is 5.77. The first-order valence-electron chi connectivity index (χ1n) is 9.46. The zero-order chi connectivity index (χ0) is 21.1. The standard InChI is InChI=1S/C22H24N4O3/c1-5-23-20(27)19-21(28)25(13-17-8-6-14(2)7-9-17)22(29)26(24-19)18-11-15(3)10-16(4)12-18/h6-12H,5,13H2,1-4H3,(H,23,27). The maximum Gasteiger partial charge on any atom is 0.352 e.